The van der Waals surface area contributed by atoms with Crippen LogP contribution in [0.4, 0.5) is 0 Å². The van der Waals surface area contributed by atoms with E-state index in [1.165, 1.54) is 0 Å². The van der Waals surface area contributed by atoms with Crippen LogP contribution in [-0.2, 0) is 6.42 Å². The molecule has 1 aliphatic carbocycles. The van der Waals surface area contributed by atoms with Crippen LogP contribution in [0, 0.1) is 5.92 Å². The van der Waals surface area contributed by atoms with Crippen LogP contribution in [0.1, 0.15) is 22.8 Å². The van der Waals surface area contributed by atoms with Gasteiger partial charge in [-0.2, -0.15) is 0 Å². The second kappa shape index (κ2) is 3.28. The first-order chi connectivity index (χ1) is 6.65. The van der Waals surface area contributed by atoms with Gasteiger partial charge in [-0.1, -0.05) is 24.6 Å². The minimum Gasteiger partial charge on any atom is -0.495 e. The third-order valence-corrected chi connectivity index (χ3v) is 3.01. The van der Waals surface area contributed by atoms with Gasteiger partial charge in [0.15, 0.2) is 5.78 Å². The maximum atomic E-state index is 11.7. The Balaban J connectivity index is 2.60. The molecule has 0 bridgehead atoms. The lowest BCUT2D eigenvalue weighted by molar-refractivity contribution is 0.0946. The molecule has 3 heteroatoms. The summed E-state index contributed by atoms with van der Waals surface area (Å²) < 4.78 is 5.07. The summed E-state index contributed by atoms with van der Waals surface area (Å²) in [6, 6.07) is 3.73. The Hall–Kier alpha value is -1.02. The van der Waals surface area contributed by atoms with E-state index in [2.05, 4.69) is 0 Å². The number of ketones is 1. The van der Waals surface area contributed by atoms with Gasteiger partial charge in [-0.25, -0.2) is 0 Å². The quantitative estimate of drug-likeness (QED) is 0.713. The summed E-state index contributed by atoms with van der Waals surface area (Å²) in [5, 5.41) is 0.458. The summed E-state index contributed by atoms with van der Waals surface area (Å²) in [6.45, 7) is 1.92. The van der Waals surface area contributed by atoms with E-state index in [0.29, 0.717) is 16.3 Å². The minimum atomic E-state index is 0.0506. The van der Waals surface area contributed by atoms with Crippen LogP contribution in [0.15, 0.2) is 12.1 Å². The maximum Gasteiger partial charge on any atom is 0.167 e. The van der Waals surface area contributed by atoms with Gasteiger partial charge in [0.25, 0.3) is 0 Å². The molecule has 1 aromatic carbocycles. The molecule has 2 nitrogen and oxygen atoms in total. The molecule has 1 atom stereocenters. The Morgan fingerprint density at radius 2 is 2.21 bits per heavy atom. The van der Waals surface area contributed by atoms with Crippen molar-refractivity contribution in [2.75, 3.05) is 7.11 Å². The van der Waals surface area contributed by atoms with E-state index in [1.807, 2.05) is 19.1 Å². The van der Waals surface area contributed by atoms with Crippen LogP contribution in [0.3, 0.4) is 0 Å². The standard InChI is InChI=1S/C11H11ClO2/c1-6-5-7-3-4-8(14-2)10(12)9(7)11(6)13/h3-4,6H,5H2,1-2H3. The highest BCUT2D eigenvalue weighted by atomic mass is 35.5. The lowest BCUT2D eigenvalue weighted by Crippen LogP contribution is -2.03. The van der Waals surface area contributed by atoms with Crippen LogP contribution in [0.5, 0.6) is 5.75 Å². The Bertz CT molecular complexity index is 399. The molecule has 0 fully saturated rings. The topological polar surface area (TPSA) is 26.3 Å². The van der Waals surface area contributed by atoms with Crippen molar-refractivity contribution in [1.29, 1.82) is 0 Å². The van der Waals surface area contributed by atoms with Crippen molar-refractivity contribution in [1.82, 2.24) is 0 Å². The summed E-state index contributed by atoms with van der Waals surface area (Å²) >= 11 is 6.07. The molecule has 1 unspecified atom stereocenters. The third-order valence-electron chi connectivity index (χ3n) is 2.63. The zero-order valence-corrected chi connectivity index (χ0v) is 8.89. The molecule has 74 valence electrons. The average molecular weight is 211 g/mol. The van der Waals surface area contributed by atoms with Crippen LogP contribution in [0.2, 0.25) is 5.02 Å². The summed E-state index contributed by atoms with van der Waals surface area (Å²) in [7, 11) is 1.55. The first-order valence-electron chi connectivity index (χ1n) is 4.54. The van der Waals surface area contributed by atoms with Gasteiger partial charge in [0.05, 0.1) is 12.1 Å². The highest BCUT2D eigenvalue weighted by molar-refractivity contribution is 6.36. The van der Waals surface area contributed by atoms with Gasteiger partial charge < -0.3 is 4.74 Å². The maximum absolute atomic E-state index is 11.7. The number of carbonyl (C=O) groups excluding carboxylic acids is 1. The number of fused-ring (bicyclic) bond motifs is 1. The number of hydrogen-bond donors (Lipinski definition) is 0. The van der Waals surface area contributed by atoms with Gasteiger partial charge in [-0.05, 0) is 18.1 Å². The smallest absolute Gasteiger partial charge is 0.167 e. The monoisotopic (exact) mass is 210 g/mol. The molecular weight excluding hydrogens is 200 g/mol. The van der Waals surface area contributed by atoms with Crippen molar-refractivity contribution in [3.8, 4) is 5.75 Å². The van der Waals surface area contributed by atoms with Crippen molar-refractivity contribution >= 4 is 17.4 Å². The van der Waals surface area contributed by atoms with Crippen molar-refractivity contribution in [2.45, 2.75) is 13.3 Å². The van der Waals surface area contributed by atoms with Gasteiger partial charge in [-0.3, -0.25) is 4.79 Å². The summed E-state index contributed by atoms with van der Waals surface area (Å²) in [5.74, 6) is 0.756. The Morgan fingerprint density at radius 1 is 1.50 bits per heavy atom. The molecule has 0 spiro atoms. The van der Waals surface area contributed by atoms with Gasteiger partial charge in [-0.15, -0.1) is 0 Å². The molecule has 0 saturated carbocycles. The normalized spacial score (nSPS) is 19.6. The molecule has 0 heterocycles. The molecule has 0 amide bonds. The predicted molar refractivity (Wildman–Crippen MR) is 55.2 cm³/mol. The average Bonchev–Trinajstić information content (AvgIpc) is 2.44. The fourth-order valence-electron chi connectivity index (χ4n) is 1.86. The first kappa shape index (κ1) is 9.53. The SMILES string of the molecule is COc1ccc2c(c1Cl)C(=O)C(C)C2. The van der Waals surface area contributed by atoms with E-state index in [9.17, 15) is 4.79 Å². The van der Waals surface area contributed by atoms with Crippen molar-refractivity contribution in [2.24, 2.45) is 5.92 Å². The molecule has 0 aliphatic heterocycles. The second-order valence-electron chi connectivity index (χ2n) is 3.59. The van der Waals surface area contributed by atoms with Gasteiger partial charge in [0.2, 0.25) is 0 Å². The van der Waals surface area contributed by atoms with Crippen LogP contribution in [0.25, 0.3) is 0 Å². The van der Waals surface area contributed by atoms with E-state index in [1.54, 1.807) is 7.11 Å². The lowest BCUT2D eigenvalue weighted by atomic mass is 10.1. The van der Waals surface area contributed by atoms with E-state index >= 15 is 0 Å². The molecule has 0 aromatic heterocycles. The number of rotatable bonds is 1. The van der Waals surface area contributed by atoms with Crippen LogP contribution < -0.4 is 4.74 Å². The first-order valence-corrected chi connectivity index (χ1v) is 4.92. The van der Waals surface area contributed by atoms with Gasteiger partial charge in [0, 0.05) is 11.5 Å². The zero-order valence-electron chi connectivity index (χ0n) is 8.13. The van der Waals surface area contributed by atoms with Crippen molar-refractivity contribution in [3.05, 3.63) is 28.3 Å². The number of benzene rings is 1. The van der Waals surface area contributed by atoms with E-state index in [0.717, 1.165) is 12.0 Å². The Kier molecular flexibility index (Phi) is 2.23. The van der Waals surface area contributed by atoms with Crippen molar-refractivity contribution < 1.29 is 9.53 Å². The molecular formula is C11H11ClO2. The Morgan fingerprint density at radius 3 is 2.86 bits per heavy atom. The molecule has 0 N–H and O–H groups in total. The molecule has 1 aliphatic rings. The highest BCUT2D eigenvalue weighted by Crippen LogP contribution is 2.37. The van der Waals surface area contributed by atoms with E-state index in [4.69, 9.17) is 16.3 Å². The third kappa shape index (κ3) is 1.22. The number of methoxy groups -OCH3 is 1. The molecule has 2 rings (SSSR count). The number of carbonyl (C=O) groups is 1. The molecule has 1 aromatic rings. The number of Topliss-reactive ketones (excluding diaryl/α,β-unsaturated/α-hetero) is 1. The predicted octanol–water partition coefficient (Wildman–Crippen LogP) is 2.72. The number of hydrogen-bond acceptors (Lipinski definition) is 2. The molecule has 0 saturated heterocycles. The highest BCUT2D eigenvalue weighted by Gasteiger charge is 2.30. The molecule has 0 radical (unpaired) electrons. The van der Waals surface area contributed by atoms with Crippen molar-refractivity contribution in [3.63, 3.8) is 0 Å². The lowest BCUT2D eigenvalue weighted by Gasteiger charge is -2.06. The minimum absolute atomic E-state index is 0.0506. The molecule has 14 heavy (non-hydrogen) atoms. The van der Waals surface area contributed by atoms with Crippen LogP contribution >= 0.6 is 11.6 Å². The van der Waals surface area contributed by atoms with Gasteiger partial charge in [0.1, 0.15) is 5.75 Å². The summed E-state index contributed by atoms with van der Waals surface area (Å²) in [5.41, 5.74) is 1.69. The van der Waals surface area contributed by atoms with E-state index in [-0.39, 0.29) is 11.7 Å². The fourth-order valence-corrected chi connectivity index (χ4v) is 2.21. The Labute approximate surface area is 87.8 Å². The largest absolute Gasteiger partial charge is 0.495 e. The van der Waals surface area contributed by atoms with E-state index < -0.39 is 0 Å². The summed E-state index contributed by atoms with van der Waals surface area (Å²) in [6.07, 6.45) is 0.790. The van der Waals surface area contributed by atoms with Crippen LogP contribution in [-0.4, -0.2) is 12.9 Å². The number of ether oxygens (including phenoxy) is 1. The number of halogens is 1. The van der Waals surface area contributed by atoms with Gasteiger partial charge >= 0.3 is 0 Å². The zero-order chi connectivity index (χ0) is 10.3. The fraction of sp³-hybridized carbons (Fsp3) is 0.364. The second-order valence-corrected chi connectivity index (χ2v) is 3.96. The summed E-state index contributed by atoms with van der Waals surface area (Å²) in [4.78, 5) is 11.7.